The molecule has 1 rings (SSSR count). The number of rotatable bonds is 2. The van der Waals surface area contributed by atoms with Crippen molar-refractivity contribution in [1.82, 2.24) is 5.32 Å². The standard InChI is InChI=1S/C10H19N/c1-9(2)3-4-10-5-7-11-8-6-10/h3,10-11H,4-8H2,1-2H3. The van der Waals surface area contributed by atoms with E-state index in [4.69, 9.17) is 0 Å². The summed E-state index contributed by atoms with van der Waals surface area (Å²) in [5.41, 5.74) is 1.46. The minimum atomic E-state index is 0.950. The Hall–Kier alpha value is -0.300. The van der Waals surface area contributed by atoms with E-state index in [0.29, 0.717) is 0 Å². The second kappa shape index (κ2) is 4.55. The Morgan fingerprint density at radius 2 is 2.00 bits per heavy atom. The molecule has 1 aliphatic heterocycles. The summed E-state index contributed by atoms with van der Waals surface area (Å²) in [6.45, 7) is 6.81. The van der Waals surface area contributed by atoms with Gasteiger partial charge in [-0.1, -0.05) is 11.6 Å². The Morgan fingerprint density at radius 3 is 2.55 bits per heavy atom. The normalized spacial score (nSPS) is 19.8. The number of allylic oxidation sites excluding steroid dienone is 2. The lowest BCUT2D eigenvalue weighted by atomic mass is 9.94. The first kappa shape index (κ1) is 8.79. The Morgan fingerprint density at radius 1 is 1.36 bits per heavy atom. The summed E-state index contributed by atoms with van der Waals surface area (Å²) < 4.78 is 0. The summed E-state index contributed by atoms with van der Waals surface area (Å²) in [7, 11) is 0. The topological polar surface area (TPSA) is 12.0 Å². The molecule has 1 heterocycles. The van der Waals surface area contributed by atoms with Crippen LogP contribution in [-0.2, 0) is 0 Å². The van der Waals surface area contributed by atoms with Crippen LogP contribution in [0.5, 0.6) is 0 Å². The van der Waals surface area contributed by atoms with Crippen molar-refractivity contribution in [2.75, 3.05) is 13.1 Å². The zero-order chi connectivity index (χ0) is 8.10. The fraction of sp³-hybridized carbons (Fsp3) is 0.800. The highest BCUT2D eigenvalue weighted by molar-refractivity contribution is 4.94. The number of piperidine rings is 1. The lowest BCUT2D eigenvalue weighted by Gasteiger charge is -2.21. The molecular formula is C10H19N. The van der Waals surface area contributed by atoms with Gasteiger partial charge in [0.1, 0.15) is 0 Å². The molecule has 1 saturated heterocycles. The molecule has 1 aliphatic rings. The van der Waals surface area contributed by atoms with Gasteiger partial charge in [0.2, 0.25) is 0 Å². The summed E-state index contributed by atoms with van der Waals surface area (Å²) >= 11 is 0. The third-order valence-corrected chi connectivity index (χ3v) is 2.32. The minimum Gasteiger partial charge on any atom is -0.317 e. The Bertz CT molecular complexity index is 128. The molecular weight excluding hydrogens is 134 g/mol. The Balaban J connectivity index is 2.19. The van der Waals surface area contributed by atoms with Crippen LogP contribution in [0.3, 0.4) is 0 Å². The van der Waals surface area contributed by atoms with Crippen molar-refractivity contribution in [3.8, 4) is 0 Å². The number of nitrogens with one attached hydrogen (secondary N) is 1. The van der Waals surface area contributed by atoms with Crippen LogP contribution in [0, 0.1) is 5.92 Å². The van der Waals surface area contributed by atoms with E-state index in [9.17, 15) is 0 Å². The fourth-order valence-corrected chi connectivity index (χ4v) is 1.52. The maximum atomic E-state index is 3.38. The molecule has 0 aromatic heterocycles. The highest BCUT2D eigenvalue weighted by Crippen LogP contribution is 2.16. The van der Waals surface area contributed by atoms with Crippen LogP contribution in [0.1, 0.15) is 33.1 Å². The molecule has 0 radical (unpaired) electrons. The van der Waals surface area contributed by atoms with Gasteiger partial charge in [0, 0.05) is 0 Å². The van der Waals surface area contributed by atoms with Crippen molar-refractivity contribution in [3.05, 3.63) is 11.6 Å². The van der Waals surface area contributed by atoms with E-state index in [-0.39, 0.29) is 0 Å². The zero-order valence-corrected chi connectivity index (χ0v) is 7.69. The maximum absolute atomic E-state index is 3.38. The van der Waals surface area contributed by atoms with Gasteiger partial charge in [0.05, 0.1) is 0 Å². The molecule has 0 aliphatic carbocycles. The second-order valence-corrected chi connectivity index (χ2v) is 3.71. The molecule has 0 saturated carbocycles. The van der Waals surface area contributed by atoms with Crippen LogP contribution in [0.4, 0.5) is 0 Å². The Labute approximate surface area is 69.9 Å². The van der Waals surface area contributed by atoms with Crippen LogP contribution in [0.2, 0.25) is 0 Å². The SMILES string of the molecule is CC(C)=CCC1CCNCC1. The van der Waals surface area contributed by atoms with Crippen molar-refractivity contribution in [2.45, 2.75) is 33.1 Å². The van der Waals surface area contributed by atoms with Gasteiger partial charge < -0.3 is 5.32 Å². The van der Waals surface area contributed by atoms with Crippen LogP contribution in [0.15, 0.2) is 11.6 Å². The first-order chi connectivity index (χ1) is 5.29. The van der Waals surface area contributed by atoms with E-state index in [1.54, 1.807) is 0 Å². The second-order valence-electron chi connectivity index (χ2n) is 3.71. The first-order valence-corrected chi connectivity index (χ1v) is 4.63. The van der Waals surface area contributed by atoms with Crippen molar-refractivity contribution in [2.24, 2.45) is 5.92 Å². The molecule has 1 N–H and O–H groups in total. The van der Waals surface area contributed by atoms with Gasteiger partial charge in [-0.2, -0.15) is 0 Å². The fourth-order valence-electron chi connectivity index (χ4n) is 1.52. The summed E-state index contributed by atoms with van der Waals surface area (Å²) in [5.74, 6) is 0.950. The zero-order valence-electron chi connectivity index (χ0n) is 7.69. The van der Waals surface area contributed by atoms with E-state index in [2.05, 4.69) is 25.2 Å². The highest BCUT2D eigenvalue weighted by Gasteiger charge is 2.10. The van der Waals surface area contributed by atoms with Crippen molar-refractivity contribution >= 4 is 0 Å². The van der Waals surface area contributed by atoms with Gasteiger partial charge in [0.15, 0.2) is 0 Å². The van der Waals surface area contributed by atoms with Crippen LogP contribution in [0.25, 0.3) is 0 Å². The molecule has 1 nitrogen and oxygen atoms in total. The van der Waals surface area contributed by atoms with Gasteiger partial charge in [0.25, 0.3) is 0 Å². The van der Waals surface area contributed by atoms with Crippen molar-refractivity contribution in [3.63, 3.8) is 0 Å². The van der Waals surface area contributed by atoms with Gasteiger partial charge >= 0.3 is 0 Å². The van der Waals surface area contributed by atoms with Crippen LogP contribution in [-0.4, -0.2) is 13.1 Å². The molecule has 1 heteroatoms. The van der Waals surface area contributed by atoms with E-state index >= 15 is 0 Å². The summed E-state index contributed by atoms with van der Waals surface area (Å²) in [4.78, 5) is 0. The van der Waals surface area contributed by atoms with E-state index in [1.165, 1.54) is 37.9 Å². The summed E-state index contributed by atoms with van der Waals surface area (Å²) in [6.07, 6.45) is 6.40. The van der Waals surface area contributed by atoms with Gasteiger partial charge in [-0.05, 0) is 52.1 Å². The van der Waals surface area contributed by atoms with E-state index in [0.717, 1.165) is 5.92 Å². The quantitative estimate of drug-likeness (QED) is 0.600. The van der Waals surface area contributed by atoms with Gasteiger partial charge in [-0.25, -0.2) is 0 Å². The molecule has 0 atom stereocenters. The largest absolute Gasteiger partial charge is 0.317 e. The van der Waals surface area contributed by atoms with Crippen LogP contribution < -0.4 is 5.32 Å². The number of hydrogen-bond acceptors (Lipinski definition) is 1. The lowest BCUT2D eigenvalue weighted by molar-refractivity contribution is 0.377. The minimum absolute atomic E-state index is 0.950. The monoisotopic (exact) mass is 153 g/mol. The molecule has 0 unspecified atom stereocenters. The molecule has 0 bridgehead atoms. The van der Waals surface area contributed by atoms with Crippen LogP contribution >= 0.6 is 0 Å². The molecule has 1 fully saturated rings. The predicted octanol–water partition coefficient (Wildman–Crippen LogP) is 2.34. The average molecular weight is 153 g/mol. The lowest BCUT2D eigenvalue weighted by Crippen LogP contribution is -2.27. The predicted molar refractivity (Wildman–Crippen MR) is 49.6 cm³/mol. The third kappa shape index (κ3) is 3.57. The van der Waals surface area contributed by atoms with E-state index in [1.807, 2.05) is 0 Å². The summed E-state index contributed by atoms with van der Waals surface area (Å²) in [5, 5.41) is 3.38. The van der Waals surface area contributed by atoms with Gasteiger partial charge in [-0.15, -0.1) is 0 Å². The molecule has 0 amide bonds. The first-order valence-electron chi connectivity index (χ1n) is 4.63. The smallest absolute Gasteiger partial charge is 0.00462 e. The highest BCUT2D eigenvalue weighted by atomic mass is 14.9. The van der Waals surface area contributed by atoms with Gasteiger partial charge in [-0.3, -0.25) is 0 Å². The number of hydrogen-bond donors (Lipinski definition) is 1. The maximum Gasteiger partial charge on any atom is -0.00462 e. The van der Waals surface area contributed by atoms with E-state index < -0.39 is 0 Å². The summed E-state index contributed by atoms with van der Waals surface area (Å²) in [6, 6.07) is 0. The molecule has 0 spiro atoms. The molecule has 11 heavy (non-hydrogen) atoms. The van der Waals surface area contributed by atoms with Crippen molar-refractivity contribution in [1.29, 1.82) is 0 Å². The molecule has 0 aromatic rings. The average Bonchev–Trinajstić information content (AvgIpc) is 2.03. The van der Waals surface area contributed by atoms with Crippen molar-refractivity contribution < 1.29 is 0 Å². The Kier molecular flexibility index (Phi) is 3.64. The third-order valence-electron chi connectivity index (χ3n) is 2.32. The molecule has 0 aromatic carbocycles. The molecule has 64 valence electrons.